The topological polar surface area (TPSA) is 125 Å². The molecule has 222 valence electrons. The fraction of sp³-hybridized carbons (Fsp3) is 0.364. The summed E-state index contributed by atoms with van der Waals surface area (Å²) in [7, 11) is 0. The third-order valence-electron chi connectivity index (χ3n) is 7.84. The molecule has 8 rings (SSSR count). The zero-order valence-electron chi connectivity index (χ0n) is 23.5. The number of nitrogens with zero attached hydrogens (tertiary/aromatic N) is 1. The van der Waals surface area contributed by atoms with Crippen LogP contribution in [0.15, 0.2) is 65.8 Å². The molecule has 43 heavy (non-hydrogen) atoms. The minimum absolute atomic E-state index is 0.0696. The van der Waals surface area contributed by atoms with E-state index in [0.717, 1.165) is 57.4 Å². The second-order valence-electron chi connectivity index (χ2n) is 11.2. The molecule has 10 heteroatoms. The molecular formula is C33H32N2O8. The Morgan fingerprint density at radius 2 is 0.953 bits per heavy atom. The highest BCUT2D eigenvalue weighted by Crippen LogP contribution is 2.39. The van der Waals surface area contributed by atoms with Gasteiger partial charge in [-0.1, -0.05) is 24.3 Å². The number of epoxide rings is 4. The summed E-state index contributed by atoms with van der Waals surface area (Å²) >= 11 is 0. The second kappa shape index (κ2) is 11.2. The van der Waals surface area contributed by atoms with Gasteiger partial charge in [-0.25, -0.2) is 0 Å². The summed E-state index contributed by atoms with van der Waals surface area (Å²) in [6.07, 6.45) is 0.414. The highest BCUT2D eigenvalue weighted by molar-refractivity contribution is 6.26. The standard InChI is InChI=1S/C33H32N2O8/c34-35-33(31-27-9-21(36-11-23-13-38-23)5-1-19(27)3-7-29(31)42-17-25-15-40-25)32-28-10-22(37-12-24-14-39-24)6-2-20(28)4-8-30(32)43-18-26-16-41-26/h1-10,23-26H,11-18,34H2. The SMILES string of the molecule is NN=C(c1c(OCC2CO2)ccc2ccc(OCC3CO3)cc12)c1c(OCC2CO2)ccc2ccc(OCC3CO3)cc12. The first-order chi connectivity index (χ1) is 21.2. The van der Waals surface area contributed by atoms with Crippen molar-refractivity contribution in [1.82, 2.24) is 0 Å². The Morgan fingerprint density at radius 1 is 0.581 bits per heavy atom. The molecule has 0 saturated carbocycles. The molecule has 0 aliphatic carbocycles. The average molecular weight is 585 g/mol. The molecule has 4 fully saturated rings. The van der Waals surface area contributed by atoms with Gasteiger partial charge in [0.05, 0.1) is 37.6 Å². The van der Waals surface area contributed by atoms with Crippen LogP contribution in [0.4, 0.5) is 0 Å². The van der Waals surface area contributed by atoms with Crippen LogP contribution in [-0.2, 0) is 18.9 Å². The zero-order valence-corrected chi connectivity index (χ0v) is 23.5. The van der Waals surface area contributed by atoms with Gasteiger partial charge in [0, 0.05) is 0 Å². The number of hydrogen-bond acceptors (Lipinski definition) is 10. The number of fused-ring (bicyclic) bond motifs is 2. The number of rotatable bonds is 14. The van der Waals surface area contributed by atoms with E-state index in [1.807, 2.05) is 60.7 Å². The van der Waals surface area contributed by atoms with E-state index in [9.17, 15) is 0 Å². The van der Waals surface area contributed by atoms with Gasteiger partial charge in [0.25, 0.3) is 0 Å². The minimum Gasteiger partial charge on any atom is -0.491 e. The van der Waals surface area contributed by atoms with Gasteiger partial charge in [0.15, 0.2) is 0 Å². The van der Waals surface area contributed by atoms with E-state index in [1.54, 1.807) is 0 Å². The van der Waals surface area contributed by atoms with Gasteiger partial charge in [0.1, 0.15) is 79.6 Å². The zero-order chi connectivity index (χ0) is 28.8. The Hall–Kier alpha value is -4.09. The Morgan fingerprint density at radius 3 is 1.33 bits per heavy atom. The Kier molecular flexibility index (Phi) is 6.91. The van der Waals surface area contributed by atoms with E-state index in [-0.39, 0.29) is 24.4 Å². The molecule has 4 heterocycles. The lowest BCUT2D eigenvalue weighted by Gasteiger charge is -2.20. The van der Waals surface area contributed by atoms with Crippen molar-refractivity contribution in [1.29, 1.82) is 0 Å². The number of hydrazone groups is 1. The van der Waals surface area contributed by atoms with Crippen molar-refractivity contribution in [3.63, 3.8) is 0 Å². The third kappa shape index (κ3) is 6.05. The fourth-order valence-electron chi connectivity index (χ4n) is 5.12. The second-order valence-corrected chi connectivity index (χ2v) is 11.2. The van der Waals surface area contributed by atoms with Crippen LogP contribution in [0.5, 0.6) is 23.0 Å². The smallest absolute Gasteiger partial charge is 0.129 e. The van der Waals surface area contributed by atoms with Crippen molar-refractivity contribution in [2.45, 2.75) is 24.4 Å². The molecule has 0 bridgehead atoms. The van der Waals surface area contributed by atoms with Crippen LogP contribution in [0.25, 0.3) is 21.5 Å². The van der Waals surface area contributed by atoms with E-state index in [2.05, 4.69) is 5.10 Å². The minimum atomic E-state index is 0.0696. The predicted octanol–water partition coefficient (Wildman–Crippen LogP) is 3.81. The van der Waals surface area contributed by atoms with Crippen molar-refractivity contribution >= 4 is 27.3 Å². The van der Waals surface area contributed by atoms with Crippen molar-refractivity contribution in [2.24, 2.45) is 10.9 Å². The normalized spacial score (nSPS) is 23.1. The molecule has 4 unspecified atom stereocenters. The van der Waals surface area contributed by atoms with Gasteiger partial charge >= 0.3 is 0 Å². The summed E-state index contributed by atoms with van der Waals surface area (Å²) < 4.78 is 46.4. The lowest BCUT2D eigenvalue weighted by molar-refractivity contribution is 0.261. The molecule has 4 aromatic carbocycles. The lowest BCUT2D eigenvalue weighted by atomic mass is 9.91. The molecular weight excluding hydrogens is 552 g/mol. The van der Waals surface area contributed by atoms with Gasteiger partial charge in [-0.2, -0.15) is 5.10 Å². The number of benzene rings is 4. The number of ether oxygens (including phenoxy) is 8. The summed E-state index contributed by atoms with van der Waals surface area (Å²) in [4.78, 5) is 0. The van der Waals surface area contributed by atoms with Gasteiger partial charge in [-0.15, -0.1) is 0 Å². The van der Waals surface area contributed by atoms with Crippen LogP contribution < -0.4 is 24.8 Å². The summed E-state index contributed by atoms with van der Waals surface area (Å²) in [6.45, 7) is 4.64. The van der Waals surface area contributed by atoms with Crippen LogP contribution in [0.1, 0.15) is 11.1 Å². The lowest BCUT2D eigenvalue weighted by Crippen LogP contribution is -2.15. The molecule has 4 saturated heterocycles. The monoisotopic (exact) mass is 584 g/mol. The Bertz CT molecular complexity index is 1560. The first-order valence-corrected chi connectivity index (χ1v) is 14.6. The molecule has 4 aliphatic heterocycles. The number of nitrogens with two attached hydrogens (primary N) is 1. The first kappa shape index (κ1) is 26.5. The average Bonchev–Trinajstić information content (AvgIpc) is 3.84. The largest absolute Gasteiger partial charge is 0.491 e. The van der Waals surface area contributed by atoms with E-state index in [4.69, 9.17) is 43.7 Å². The predicted molar refractivity (Wildman–Crippen MR) is 159 cm³/mol. The number of hydrogen-bond donors (Lipinski definition) is 1. The van der Waals surface area contributed by atoms with E-state index in [1.165, 1.54) is 0 Å². The molecule has 0 spiro atoms. The van der Waals surface area contributed by atoms with Crippen molar-refractivity contribution in [2.75, 3.05) is 52.9 Å². The molecule has 0 amide bonds. The highest BCUT2D eigenvalue weighted by atomic mass is 16.6. The first-order valence-electron chi connectivity index (χ1n) is 14.6. The molecule has 2 N–H and O–H groups in total. The van der Waals surface area contributed by atoms with Crippen LogP contribution in [0, 0.1) is 0 Å². The fourth-order valence-corrected chi connectivity index (χ4v) is 5.12. The summed E-state index contributed by atoms with van der Waals surface area (Å²) in [5.74, 6) is 9.04. The maximum absolute atomic E-state index is 6.36. The van der Waals surface area contributed by atoms with Crippen LogP contribution in [-0.4, -0.2) is 83.0 Å². The molecule has 4 aliphatic rings. The maximum atomic E-state index is 6.36. The third-order valence-corrected chi connectivity index (χ3v) is 7.84. The van der Waals surface area contributed by atoms with Crippen molar-refractivity contribution < 1.29 is 37.9 Å². The van der Waals surface area contributed by atoms with Crippen LogP contribution in [0.3, 0.4) is 0 Å². The van der Waals surface area contributed by atoms with Gasteiger partial charge in [-0.3, -0.25) is 0 Å². The van der Waals surface area contributed by atoms with Gasteiger partial charge in [-0.05, 0) is 57.9 Å². The molecule has 0 radical (unpaired) electrons. The quantitative estimate of drug-likeness (QED) is 0.102. The summed E-state index contributed by atoms with van der Waals surface area (Å²) in [5, 5.41) is 8.19. The van der Waals surface area contributed by atoms with Crippen molar-refractivity contribution in [3.05, 3.63) is 71.8 Å². The summed E-state index contributed by atoms with van der Waals surface area (Å²) in [6, 6.07) is 20.0. The van der Waals surface area contributed by atoms with Crippen LogP contribution in [0.2, 0.25) is 0 Å². The Labute approximate surface area is 248 Å². The maximum Gasteiger partial charge on any atom is 0.129 e. The molecule has 10 nitrogen and oxygen atoms in total. The van der Waals surface area contributed by atoms with Crippen molar-refractivity contribution in [3.8, 4) is 23.0 Å². The van der Waals surface area contributed by atoms with Gasteiger partial charge in [0.2, 0.25) is 0 Å². The van der Waals surface area contributed by atoms with Gasteiger partial charge < -0.3 is 43.7 Å². The van der Waals surface area contributed by atoms with Crippen LogP contribution >= 0.6 is 0 Å². The Balaban J connectivity index is 1.28. The van der Waals surface area contributed by atoms with E-state index < -0.39 is 0 Å². The van der Waals surface area contributed by atoms with E-state index >= 15 is 0 Å². The molecule has 4 atom stereocenters. The molecule has 0 aromatic heterocycles. The summed E-state index contributed by atoms with van der Waals surface area (Å²) in [5.41, 5.74) is 2.01. The molecule has 4 aromatic rings. The van der Waals surface area contributed by atoms with E-state index in [0.29, 0.717) is 56.9 Å². The highest BCUT2D eigenvalue weighted by Gasteiger charge is 2.29.